The molecule has 3 aromatic rings. The van der Waals surface area contributed by atoms with Crippen molar-refractivity contribution >= 4 is 17.0 Å². The van der Waals surface area contributed by atoms with Gasteiger partial charge in [0.15, 0.2) is 11.5 Å². The van der Waals surface area contributed by atoms with Crippen LogP contribution in [0.25, 0.3) is 17.0 Å². The van der Waals surface area contributed by atoms with E-state index in [-0.39, 0.29) is 0 Å². The molecule has 0 saturated heterocycles. The highest BCUT2D eigenvalue weighted by atomic mass is 15.2. The number of fused-ring (bicyclic) bond motifs is 1. The van der Waals surface area contributed by atoms with Crippen LogP contribution in [0.3, 0.4) is 0 Å². The molecule has 0 bridgehead atoms. The van der Waals surface area contributed by atoms with Crippen molar-refractivity contribution in [2.75, 3.05) is 5.73 Å². The molecule has 78 valence electrons. The number of hydrogen-bond donors (Lipinski definition) is 1. The predicted molar refractivity (Wildman–Crippen MR) is 58.9 cm³/mol. The topological polar surface area (TPSA) is 82.5 Å². The van der Waals surface area contributed by atoms with Gasteiger partial charge in [-0.1, -0.05) is 6.07 Å². The minimum atomic E-state index is 0.396. The van der Waals surface area contributed by atoms with Gasteiger partial charge in [0.25, 0.3) is 0 Å². The molecule has 3 heterocycles. The van der Waals surface area contributed by atoms with Gasteiger partial charge in [0.1, 0.15) is 24.0 Å². The van der Waals surface area contributed by atoms with Gasteiger partial charge in [-0.2, -0.15) is 0 Å². The number of imidazole rings is 1. The predicted octanol–water partition coefficient (Wildman–Crippen LogP) is 0.793. The molecule has 3 aromatic heterocycles. The van der Waals surface area contributed by atoms with Crippen LogP contribution in [0.5, 0.6) is 0 Å². The number of hydrogen-bond acceptors (Lipinski definition) is 5. The zero-order valence-electron chi connectivity index (χ0n) is 8.28. The van der Waals surface area contributed by atoms with E-state index in [1.165, 1.54) is 6.33 Å². The first-order valence-electron chi connectivity index (χ1n) is 4.71. The molecular formula is C10H8N6. The molecule has 0 unspecified atom stereocenters. The van der Waals surface area contributed by atoms with Crippen molar-refractivity contribution in [2.24, 2.45) is 0 Å². The van der Waals surface area contributed by atoms with Gasteiger partial charge in [-0.05, 0) is 12.1 Å². The maximum absolute atomic E-state index is 5.80. The maximum atomic E-state index is 5.80. The summed E-state index contributed by atoms with van der Waals surface area (Å²) in [6.07, 6.45) is 4.74. The lowest BCUT2D eigenvalue weighted by Crippen LogP contribution is -2.00. The molecule has 0 radical (unpaired) electrons. The second-order valence-corrected chi connectivity index (χ2v) is 3.23. The smallest absolute Gasteiger partial charge is 0.183 e. The SMILES string of the molecule is Nc1ncnc2ncn(-c3ccccn3)c12. The van der Waals surface area contributed by atoms with E-state index >= 15 is 0 Å². The Kier molecular flexibility index (Phi) is 1.79. The van der Waals surface area contributed by atoms with Crippen LogP contribution in [0.1, 0.15) is 0 Å². The van der Waals surface area contributed by atoms with E-state index in [9.17, 15) is 0 Å². The van der Waals surface area contributed by atoms with Gasteiger partial charge >= 0.3 is 0 Å². The third-order valence-electron chi connectivity index (χ3n) is 2.26. The van der Waals surface area contributed by atoms with Crippen molar-refractivity contribution in [2.45, 2.75) is 0 Å². The van der Waals surface area contributed by atoms with E-state index in [0.29, 0.717) is 17.0 Å². The second kappa shape index (κ2) is 3.27. The molecule has 3 rings (SSSR count). The molecule has 0 aliphatic heterocycles. The van der Waals surface area contributed by atoms with Crippen molar-refractivity contribution in [1.29, 1.82) is 0 Å². The third-order valence-corrected chi connectivity index (χ3v) is 2.26. The summed E-state index contributed by atoms with van der Waals surface area (Å²) in [7, 11) is 0. The second-order valence-electron chi connectivity index (χ2n) is 3.23. The Bertz CT molecular complexity index is 630. The molecule has 0 aliphatic carbocycles. The maximum Gasteiger partial charge on any atom is 0.183 e. The molecule has 2 N–H and O–H groups in total. The molecule has 0 amide bonds. The lowest BCUT2D eigenvalue weighted by Gasteiger charge is -2.02. The fraction of sp³-hybridized carbons (Fsp3) is 0. The average molecular weight is 212 g/mol. The van der Waals surface area contributed by atoms with Crippen LogP contribution in [-0.2, 0) is 0 Å². The summed E-state index contributed by atoms with van der Waals surface area (Å²) in [5.74, 6) is 1.14. The number of nitrogen functional groups attached to an aromatic ring is 1. The van der Waals surface area contributed by atoms with Crippen molar-refractivity contribution in [3.05, 3.63) is 37.1 Å². The molecule has 6 heteroatoms. The molecule has 0 aromatic carbocycles. The number of rotatable bonds is 1. The van der Waals surface area contributed by atoms with E-state index in [1.807, 2.05) is 18.2 Å². The third kappa shape index (κ3) is 1.20. The molecule has 0 atom stereocenters. The highest BCUT2D eigenvalue weighted by molar-refractivity contribution is 5.82. The summed E-state index contributed by atoms with van der Waals surface area (Å²) < 4.78 is 1.77. The van der Waals surface area contributed by atoms with E-state index in [2.05, 4.69) is 19.9 Å². The number of anilines is 1. The molecule has 0 spiro atoms. The summed E-state index contributed by atoms with van der Waals surface area (Å²) in [5.41, 5.74) is 7.05. The van der Waals surface area contributed by atoms with Gasteiger partial charge in [0.05, 0.1) is 0 Å². The van der Waals surface area contributed by atoms with E-state index < -0.39 is 0 Å². The fourth-order valence-electron chi connectivity index (χ4n) is 1.55. The summed E-state index contributed by atoms with van der Waals surface area (Å²) in [4.78, 5) is 16.4. The lowest BCUT2D eigenvalue weighted by atomic mass is 10.4. The van der Waals surface area contributed by atoms with Crippen LogP contribution in [-0.4, -0.2) is 24.5 Å². The van der Waals surface area contributed by atoms with Gasteiger partial charge in [-0.25, -0.2) is 19.9 Å². The summed E-state index contributed by atoms with van der Waals surface area (Å²) >= 11 is 0. The monoisotopic (exact) mass is 212 g/mol. The van der Waals surface area contributed by atoms with Gasteiger partial charge in [-0.3, -0.25) is 4.57 Å². The number of nitrogens with two attached hydrogens (primary N) is 1. The Hall–Kier alpha value is -2.50. The Balaban J connectivity index is 2.33. The minimum absolute atomic E-state index is 0.396. The van der Waals surface area contributed by atoms with Crippen molar-refractivity contribution in [3.63, 3.8) is 0 Å². The quantitative estimate of drug-likeness (QED) is 0.644. The molecule has 6 nitrogen and oxygen atoms in total. The molecule has 16 heavy (non-hydrogen) atoms. The van der Waals surface area contributed by atoms with Crippen LogP contribution >= 0.6 is 0 Å². The zero-order valence-corrected chi connectivity index (χ0v) is 8.28. The van der Waals surface area contributed by atoms with E-state index in [4.69, 9.17) is 5.73 Å². The largest absolute Gasteiger partial charge is 0.382 e. The molecule has 0 fully saturated rings. The minimum Gasteiger partial charge on any atom is -0.382 e. The number of pyridine rings is 1. The summed E-state index contributed by atoms with van der Waals surface area (Å²) in [6, 6.07) is 5.62. The van der Waals surface area contributed by atoms with Gasteiger partial charge in [-0.15, -0.1) is 0 Å². The fourth-order valence-corrected chi connectivity index (χ4v) is 1.55. The standard InChI is InChI=1S/C10H8N6/c11-9-8-10(14-5-13-9)15-6-16(8)7-3-1-2-4-12-7/h1-6H,(H2,11,13,14). The van der Waals surface area contributed by atoms with E-state index in [0.717, 1.165) is 5.82 Å². The first-order chi connectivity index (χ1) is 7.86. The Morgan fingerprint density at radius 2 is 2.00 bits per heavy atom. The molecule has 0 aliphatic rings. The first kappa shape index (κ1) is 8.78. The summed E-state index contributed by atoms with van der Waals surface area (Å²) in [5, 5.41) is 0. The Morgan fingerprint density at radius 1 is 1.06 bits per heavy atom. The van der Waals surface area contributed by atoms with Crippen LogP contribution in [0.15, 0.2) is 37.1 Å². The van der Waals surface area contributed by atoms with Gasteiger partial charge < -0.3 is 5.73 Å². The molecular weight excluding hydrogens is 204 g/mol. The van der Waals surface area contributed by atoms with Gasteiger partial charge in [0.2, 0.25) is 0 Å². The zero-order chi connectivity index (χ0) is 11.0. The molecule has 0 saturated carbocycles. The Labute approximate surface area is 90.8 Å². The Morgan fingerprint density at radius 3 is 2.81 bits per heavy atom. The highest BCUT2D eigenvalue weighted by Gasteiger charge is 2.09. The van der Waals surface area contributed by atoms with Crippen molar-refractivity contribution in [3.8, 4) is 5.82 Å². The highest BCUT2D eigenvalue weighted by Crippen LogP contribution is 2.18. The normalized spacial score (nSPS) is 10.8. The van der Waals surface area contributed by atoms with Crippen LogP contribution < -0.4 is 5.73 Å². The number of aromatic nitrogens is 5. The number of nitrogens with zero attached hydrogens (tertiary/aromatic N) is 5. The van der Waals surface area contributed by atoms with Gasteiger partial charge in [0, 0.05) is 6.20 Å². The lowest BCUT2D eigenvalue weighted by molar-refractivity contribution is 1.02. The van der Waals surface area contributed by atoms with Crippen LogP contribution in [0.2, 0.25) is 0 Å². The van der Waals surface area contributed by atoms with E-state index in [1.54, 1.807) is 17.1 Å². The van der Waals surface area contributed by atoms with Crippen LogP contribution in [0.4, 0.5) is 5.82 Å². The first-order valence-corrected chi connectivity index (χ1v) is 4.71. The summed E-state index contributed by atoms with van der Waals surface area (Å²) in [6.45, 7) is 0. The van der Waals surface area contributed by atoms with Crippen LogP contribution in [0, 0.1) is 0 Å². The van der Waals surface area contributed by atoms with Crippen molar-refractivity contribution < 1.29 is 0 Å². The van der Waals surface area contributed by atoms with Crippen molar-refractivity contribution in [1.82, 2.24) is 24.5 Å². The average Bonchev–Trinajstić information content (AvgIpc) is 2.75.